The van der Waals surface area contributed by atoms with Crippen molar-refractivity contribution in [1.82, 2.24) is 14.9 Å². The molecule has 5 nitrogen and oxygen atoms in total. The summed E-state index contributed by atoms with van der Waals surface area (Å²) in [5, 5.41) is 3.02. The van der Waals surface area contributed by atoms with Crippen LogP contribution in [0.25, 0.3) is 11.0 Å². The summed E-state index contributed by atoms with van der Waals surface area (Å²) >= 11 is 3.42. The van der Waals surface area contributed by atoms with Crippen molar-refractivity contribution in [3.05, 3.63) is 94.2 Å². The molecule has 0 saturated heterocycles. The zero-order valence-electron chi connectivity index (χ0n) is 20.3. The fourth-order valence-corrected chi connectivity index (χ4v) is 4.64. The monoisotopic (exact) mass is 533 g/mol. The molecule has 1 heterocycles. The number of carbonyl (C=O) groups excluding carboxylic acids is 1. The van der Waals surface area contributed by atoms with Crippen molar-refractivity contribution in [2.45, 2.75) is 45.6 Å². The first-order valence-corrected chi connectivity index (χ1v) is 13.0. The number of aryl methyl sites for hydroxylation is 2. The molecular formula is C29H32BrN3O2. The van der Waals surface area contributed by atoms with Crippen molar-refractivity contribution >= 4 is 32.9 Å². The van der Waals surface area contributed by atoms with E-state index in [9.17, 15) is 4.79 Å². The molecule has 0 spiro atoms. The number of para-hydroxylation sites is 3. The van der Waals surface area contributed by atoms with Gasteiger partial charge in [0.25, 0.3) is 5.91 Å². The number of nitrogens with one attached hydrogen (secondary N) is 1. The molecule has 0 saturated carbocycles. The Labute approximate surface area is 215 Å². The summed E-state index contributed by atoms with van der Waals surface area (Å²) in [5.74, 6) is 2.39. The van der Waals surface area contributed by atoms with Crippen LogP contribution in [0.15, 0.2) is 77.3 Å². The Morgan fingerprint density at radius 2 is 1.83 bits per heavy atom. The average Bonchev–Trinajstić information content (AvgIpc) is 3.21. The van der Waals surface area contributed by atoms with Gasteiger partial charge in [-0.15, -0.1) is 0 Å². The molecule has 1 amide bonds. The van der Waals surface area contributed by atoms with Gasteiger partial charge in [0, 0.05) is 29.5 Å². The second kappa shape index (κ2) is 12.0. The Morgan fingerprint density at radius 1 is 1.03 bits per heavy atom. The van der Waals surface area contributed by atoms with Crippen LogP contribution in [0, 0.1) is 0 Å². The number of amides is 1. The highest BCUT2D eigenvalue weighted by Crippen LogP contribution is 2.26. The Balaban J connectivity index is 1.34. The van der Waals surface area contributed by atoms with Gasteiger partial charge in [0.05, 0.1) is 17.6 Å². The van der Waals surface area contributed by atoms with Gasteiger partial charge >= 0.3 is 0 Å². The molecule has 4 rings (SSSR count). The summed E-state index contributed by atoms with van der Waals surface area (Å²) in [5.41, 5.74) is 4.05. The number of halogens is 1. The Bertz CT molecular complexity index is 1280. The number of imidazole rings is 1. The van der Waals surface area contributed by atoms with Crippen molar-refractivity contribution < 1.29 is 9.53 Å². The maximum atomic E-state index is 12.4. The number of aromatic nitrogens is 2. The molecule has 0 aliphatic rings. The van der Waals surface area contributed by atoms with Crippen LogP contribution in [0.5, 0.6) is 5.75 Å². The molecule has 0 bridgehead atoms. The van der Waals surface area contributed by atoms with E-state index in [1.54, 1.807) is 0 Å². The normalized spacial score (nSPS) is 11.2. The molecule has 0 aliphatic heterocycles. The van der Waals surface area contributed by atoms with Gasteiger partial charge in [0.1, 0.15) is 11.6 Å². The van der Waals surface area contributed by atoms with E-state index in [1.165, 1.54) is 5.56 Å². The van der Waals surface area contributed by atoms with E-state index in [0.29, 0.717) is 24.6 Å². The largest absolute Gasteiger partial charge is 0.493 e. The molecule has 0 fully saturated rings. The van der Waals surface area contributed by atoms with Gasteiger partial charge in [-0.05, 0) is 60.7 Å². The molecule has 4 aromatic rings. The van der Waals surface area contributed by atoms with Crippen LogP contribution >= 0.6 is 15.9 Å². The Morgan fingerprint density at radius 3 is 2.66 bits per heavy atom. The fourth-order valence-electron chi connectivity index (χ4n) is 4.24. The molecule has 1 aromatic heterocycles. The van der Waals surface area contributed by atoms with E-state index in [1.807, 2.05) is 36.4 Å². The smallest absolute Gasteiger partial charge is 0.251 e. The quantitative estimate of drug-likeness (QED) is 0.217. The lowest BCUT2D eigenvalue weighted by atomic mass is 10.0. The number of carbonyl (C=O) groups is 1. The van der Waals surface area contributed by atoms with E-state index in [2.05, 4.69) is 76.1 Å². The second-order valence-corrected chi connectivity index (χ2v) is 9.85. The first kappa shape index (κ1) is 25.0. The van der Waals surface area contributed by atoms with Crippen LogP contribution < -0.4 is 10.1 Å². The van der Waals surface area contributed by atoms with Crippen molar-refractivity contribution in [3.8, 4) is 5.75 Å². The van der Waals surface area contributed by atoms with E-state index < -0.39 is 0 Å². The molecule has 1 N–H and O–H groups in total. The zero-order valence-corrected chi connectivity index (χ0v) is 21.9. The minimum absolute atomic E-state index is 0.0568. The molecule has 182 valence electrons. The lowest BCUT2D eigenvalue weighted by Gasteiger charge is -2.14. The number of ether oxygens (including phenoxy) is 1. The second-order valence-electron chi connectivity index (χ2n) is 8.93. The Kier molecular flexibility index (Phi) is 8.59. The van der Waals surface area contributed by atoms with Gasteiger partial charge in [-0.3, -0.25) is 4.79 Å². The minimum Gasteiger partial charge on any atom is -0.493 e. The van der Waals surface area contributed by atoms with E-state index >= 15 is 0 Å². The van der Waals surface area contributed by atoms with Gasteiger partial charge in [-0.1, -0.05) is 66.2 Å². The summed E-state index contributed by atoms with van der Waals surface area (Å²) in [4.78, 5) is 17.3. The number of nitrogens with zero attached hydrogens (tertiary/aromatic N) is 2. The number of rotatable bonds is 11. The third-order valence-corrected chi connectivity index (χ3v) is 6.50. The minimum atomic E-state index is -0.0568. The van der Waals surface area contributed by atoms with Crippen LogP contribution in [0.2, 0.25) is 0 Å². The topological polar surface area (TPSA) is 56.1 Å². The number of hydrogen-bond donors (Lipinski definition) is 1. The lowest BCUT2D eigenvalue weighted by molar-refractivity contribution is 0.0953. The summed E-state index contributed by atoms with van der Waals surface area (Å²) < 4.78 is 9.33. The van der Waals surface area contributed by atoms with E-state index in [-0.39, 0.29) is 5.91 Å². The molecular weight excluding hydrogens is 502 g/mol. The predicted molar refractivity (Wildman–Crippen MR) is 145 cm³/mol. The molecule has 0 atom stereocenters. The Hall–Kier alpha value is -3.12. The molecule has 0 unspecified atom stereocenters. The van der Waals surface area contributed by atoms with Crippen molar-refractivity contribution in [1.29, 1.82) is 0 Å². The molecule has 0 radical (unpaired) electrons. The average molecular weight is 534 g/mol. The maximum absolute atomic E-state index is 12.4. The van der Waals surface area contributed by atoms with E-state index in [4.69, 9.17) is 9.72 Å². The third kappa shape index (κ3) is 6.51. The van der Waals surface area contributed by atoms with Crippen LogP contribution in [-0.4, -0.2) is 28.6 Å². The highest BCUT2D eigenvalue weighted by molar-refractivity contribution is 9.10. The highest BCUT2D eigenvalue weighted by Gasteiger charge is 2.12. The summed E-state index contributed by atoms with van der Waals surface area (Å²) in [7, 11) is 0. The van der Waals surface area contributed by atoms with E-state index in [0.717, 1.165) is 52.9 Å². The maximum Gasteiger partial charge on any atom is 0.251 e. The van der Waals surface area contributed by atoms with Gasteiger partial charge in [-0.2, -0.15) is 0 Å². The lowest BCUT2D eigenvalue weighted by Crippen LogP contribution is -2.25. The SMILES string of the molecule is CC(C)c1ccccc1OCCCn1c(CCCNC(=O)c2cccc(Br)c2)nc2ccccc21. The zero-order chi connectivity index (χ0) is 24.6. The molecule has 6 heteroatoms. The molecule has 35 heavy (non-hydrogen) atoms. The van der Waals surface area contributed by atoms with Crippen molar-refractivity contribution in [3.63, 3.8) is 0 Å². The van der Waals surface area contributed by atoms with Crippen molar-refractivity contribution in [2.75, 3.05) is 13.2 Å². The predicted octanol–water partition coefficient (Wildman–Crippen LogP) is 6.75. The number of hydrogen-bond acceptors (Lipinski definition) is 3. The number of fused-ring (bicyclic) bond motifs is 1. The highest BCUT2D eigenvalue weighted by atomic mass is 79.9. The fraction of sp³-hybridized carbons (Fsp3) is 0.310. The summed E-state index contributed by atoms with van der Waals surface area (Å²) in [6.07, 6.45) is 2.51. The standard InChI is InChI=1S/C29H32BrN3O2/c1-21(2)24-12-3-6-15-27(24)35-19-9-18-33-26-14-5-4-13-25(26)32-28(33)16-8-17-31-29(34)22-10-7-11-23(30)20-22/h3-7,10-15,20-21H,8-9,16-19H2,1-2H3,(H,31,34). The summed E-state index contributed by atoms with van der Waals surface area (Å²) in [6, 6.07) is 24.0. The van der Waals surface area contributed by atoms with Gasteiger partial charge < -0.3 is 14.6 Å². The third-order valence-electron chi connectivity index (χ3n) is 6.01. The van der Waals surface area contributed by atoms with Gasteiger partial charge in [-0.25, -0.2) is 4.98 Å². The number of benzene rings is 3. The van der Waals surface area contributed by atoms with Crippen LogP contribution in [0.3, 0.4) is 0 Å². The van der Waals surface area contributed by atoms with Gasteiger partial charge in [0.15, 0.2) is 0 Å². The first-order chi connectivity index (χ1) is 17.0. The van der Waals surface area contributed by atoms with Crippen molar-refractivity contribution in [2.24, 2.45) is 0 Å². The summed E-state index contributed by atoms with van der Waals surface area (Å²) in [6.45, 7) is 6.47. The molecule has 0 aliphatic carbocycles. The van der Waals surface area contributed by atoms with Crippen LogP contribution in [-0.2, 0) is 13.0 Å². The van der Waals surface area contributed by atoms with Crippen LogP contribution in [0.4, 0.5) is 0 Å². The first-order valence-electron chi connectivity index (χ1n) is 12.2. The van der Waals surface area contributed by atoms with Gasteiger partial charge in [0.2, 0.25) is 0 Å². The molecule has 3 aromatic carbocycles. The van der Waals surface area contributed by atoms with Crippen LogP contribution in [0.1, 0.15) is 54.4 Å².